The molecule has 24 heavy (non-hydrogen) atoms. The van der Waals surface area contributed by atoms with Crippen molar-refractivity contribution in [2.45, 2.75) is 13.5 Å². The molecule has 0 N–H and O–H groups in total. The number of aryl methyl sites for hydroxylation is 1. The molecule has 1 heterocycles. The normalized spacial score (nSPS) is 11.0. The van der Waals surface area contributed by atoms with Crippen LogP contribution in [0.3, 0.4) is 0 Å². The van der Waals surface area contributed by atoms with Gasteiger partial charge < -0.3 is 14.9 Å². The summed E-state index contributed by atoms with van der Waals surface area (Å²) in [7, 11) is 0. The Morgan fingerprint density at radius 1 is 1.42 bits per heavy atom. The van der Waals surface area contributed by atoms with Crippen molar-refractivity contribution in [2.75, 3.05) is 6.61 Å². The molecule has 1 aromatic heterocycles. The monoisotopic (exact) mass is 337 g/mol. The van der Waals surface area contributed by atoms with Crippen molar-refractivity contribution in [3.63, 3.8) is 0 Å². The van der Waals surface area contributed by atoms with Crippen LogP contribution in [0.1, 0.15) is 11.4 Å². The minimum atomic E-state index is -0.821. The maximum absolute atomic E-state index is 13.4. The van der Waals surface area contributed by atoms with Crippen LogP contribution in [-0.2, 0) is 16.1 Å². The molecule has 0 aliphatic rings. The molecule has 0 bridgehead atoms. The molecule has 1 aromatic carbocycles. The van der Waals surface area contributed by atoms with E-state index in [9.17, 15) is 23.7 Å². The van der Waals surface area contributed by atoms with Crippen LogP contribution in [0.5, 0.6) is 0 Å². The average Bonchev–Trinajstić information content (AvgIpc) is 2.88. The number of hydrogen-bond acceptors (Lipinski definition) is 5. The highest BCUT2D eigenvalue weighted by Gasteiger charge is 2.17. The van der Waals surface area contributed by atoms with E-state index in [4.69, 9.17) is 4.74 Å². The molecule has 7 nitrogen and oxygen atoms in total. The molecule has 0 amide bonds. The summed E-state index contributed by atoms with van der Waals surface area (Å²) >= 11 is 0. The highest BCUT2D eigenvalue weighted by molar-refractivity contribution is 5.87. The first kappa shape index (κ1) is 17.3. The molecule has 2 rings (SSSR count). The Hall–Kier alpha value is -3.10. The number of nitrogens with zero attached hydrogens (tertiary/aromatic N) is 3. The zero-order valence-electron chi connectivity index (χ0n) is 12.6. The highest BCUT2D eigenvalue weighted by atomic mass is 19.1. The second-order valence-corrected chi connectivity index (χ2v) is 4.71. The number of ether oxygens (including phenoxy) is 1. The zero-order chi connectivity index (χ0) is 17.7. The number of carbonyl (C=O) groups is 1. The van der Waals surface area contributed by atoms with E-state index >= 15 is 0 Å². The summed E-state index contributed by atoms with van der Waals surface area (Å²) in [4.78, 5) is 25.6. The Morgan fingerprint density at radius 2 is 2.08 bits per heavy atom. The summed E-state index contributed by atoms with van der Waals surface area (Å²) in [6, 6.07) is 3.34. The Morgan fingerprint density at radius 3 is 2.71 bits per heavy atom. The fourth-order valence-electron chi connectivity index (χ4n) is 1.99. The molecule has 0 unspecified atom stereocenters. The minimum absolute atomic E-state index is 0.0375. The molecule has 0 aliphatic carbocycles. The van der Waals surface area contributed by atoms with Gasteiger partial charge in [0.15, 0.2) is 5.82 Å². The van der Waals surface area contributed by atoms with Crippen molar-refractivity contribution >= 4 is 17.9 Å². The third-order valence-electron chi connectivity index (χ3n) is 3.17. The first-order valence-electron chi connectivity index (χ1n) is 6.85. The van der Waals surface area contributed by atoms with Crippen LogP contribution in [0.4, 0.5) is 14.6 Å². The summed E-state index contributed by atoms with van der Waals surface area (Å²) in [5.41, 5.74) is -0.351. The summed E-state index contributed by atoms with van der Waals surface area (Å²) in [6.45, 7) is 1.46. The van der Waals surface area contributed by atoms with Crippen molar-refractivity contribution in [3.05, 3.63) is 63.6 Å². The molecular formula is C15H13F2N3O4. The second-order valence-electron chi connectivity index (χ2n) is 4.71. The first-order chi connectivity index (χ1) is 11.4. The number of benzene rings is 1. The van der Waals surface area contributed by atoms with E-state index in [-0.39, 0.29) is 24.5 Å². The number of esters is 1. The van der Waals surface area contributed by atoms with Gasteiger partial charge in [0.1, 0.15) is 31.0 Å². The van der Waals surface area contributed by atoms with Gasteiger partial charge >= 0.3 is 11.8 Å². The molecule has 0 aliphatic heterocycles. The van der Waals surface area contributed by atoms with Crippen LogP contribution in [0, 0.1) is 28.7 Å². The Kier molecular flexibility index (Phi) is 5.35. The molecule has 0 spiro atoms. The van der Waals surface area contributed by atoms with Crippen LogP contribution in [0.2, 0.25) is 0 Å². The van der Waals surface area contributed by atoms with Crippen molar-refractivity contribution in [1.29, 1.82) is 0 Å². The molecular weight excluding hydrogens is 324 g/mol. The number of imidazole rings is 1. The van der Waals surface area contributed by atoms with Gasteiger partial charge in [-0.15, -0.1) is 0 Å². The first-order valence-corrected chi connectivity index (χ1v) is 6.85. The topological polar surface area (TPSA) is 87.3 Å². The van der Waals surface area contributed by atoms with Gasteiger partial charge in [0.25, 0.3) is 0 Å². The lowest BCUT2D eigenvalue weighted by Crippen LogP contribution is -2.12. The SMILES string of the molecule is Cc1ncc([N+](=O)[O-])n1CCOC(=O)/C=C\c1c(F)cccc1F. The average molecular weight is 337 g/mol. The van der Waals surface area contributed by atoms with Gasteiger partial charge in [0, 0.05) is 18.6 Å². The van der Waals surface area contributed by atoms with Crippen molar-refractivity contribution in [3.8, 4) is 0 Å². The molecule has 0 radical (unpaired) electrons. The number of hydrogen-bond donors (Lipinski definition) is 0. The number of rotatable bonds is 6. The lowest BCUT2D eigenvalue weighted by atomic mass is 10.2. The molecule has 0 saturated carbocycles. The van der Waals surface area contributed by atoms with Gasteiger partial charge in [-0.25, -0.2) is 23.1 Å². The third kappa shape index (κ3) is 4.00. The molecule has 9 heteroatoms. The summed E-state index contributed by atoms with van der Waals surface area (Å²) < 4.78 is 32.9. The molecule has 0 atom stereocenters. The molecule has 0 fully saturated rings. The van der Waals surface area contributed by atoms with E-state index in [1.165, 1.54) is 10.6 Å². The van der Waals surface area contributed by atoms with Gasteiger partial charge in [-0.05, 0) is 23.1 Å². The minimum Gasteiger partial charge on any atom is -0.458 e. The van der Waals surface area contributed by atoms with E-state index in [2.05, 4.69) is 4.98 Å². The summed E-state index contributed by atoms with van der Waals surface area (Å²) in [5.74, 6) is -2.24. The second kappa shape index (κ2) is 7.44. The van der Waals surface area contributed by atoms with E-state index in [1.807, 2.05) is 0 Å². The predicted octanol–water partition coefficient (Wildman–Crippen LogP) is 2.63. The van der Waals surface area contributed by atoms with Crippen molar-refractivity contribution < 1.29 is 23.2 Å². The van der Waals surface area contributed by atoms with E-state index < -0.39 is 22.5 Å². The maximum Gasteiger partial charge on any atom is 0.342 e. The van der Waals surface area contributed by atoms with Gasteiger partial charge in [-0.3, -0.25) is 0 Å². The Labute approximate surface area is 135 Å². The quantitative estimate of drug-likeness (QED) is 0.350. The largest absolute Gasteiger partial charge is 0.458 e. The Balaban J connectivity index is 1.94. The van der Waals surface area contributed by atoms with Crippen molar-refractivity contribution in [2.24, 2.45) is 0 Å². The highest BCUT2D eigenvalue weighted by Crippen LogP contribution is 2.14. The Bertz CT molecular complexity index is 782. The van der Waals surface area contributed by atoms with Gasteiger partial charge in [-0.2, -0.15) is 0 Å². The predicted molar refractivity (Wildman–Crippen MR) is 80.0 cm³/mol. The fourth-order valence-corrected chi connectivity index (χ4v) is 1.99. The van der Waals surface area contributed by atoms with Crippen LogP contribution in [0.15, 0.2) is 30.5 Å². The number of aromatic nitrogens is 2. The maximum atomic E-state index is 13.4. The van der Waals surface area contributed by atoms with Crippen LogP contribution in [-0.4, -0.2) is 27.1 Å². The van der Waals surface area contributed by atoms with Crippen LogP contribution < -0.4 is 0 Å². The lowest BCUT2D eigenvalue weighted by molar-refractivity contribution is -0.392. The van der Waals surface area contributed by atoms with E-state index in [1.54, 1.807) is 6.92 Å². The van der Waals surface area contributed by atoms with Gasteiger partial charge in [-0.1, -0.05) is 6.07 Å². The molecule has 0 saturated heterocycles. The van der Waals surface area contributed by atoms with Crippen LogP contribution in [0.25, 0.3) is 6.08 Å². The van der Waals surface area contributed by atoms with Crippen molar-refractivity contribution in [1.82, 2.24) is 9.55 Å². The molecule has 2 aromatic rings. The summed E-state index contributed by atoms with van der Waals surface area (Å²) in [5, 5.41) is 10.8. The van der Waals surface area contributed by atoms with Gasteiger partial charge in [0.2, 0.25) is 0 Å². The molecule has 126 valence electrons. The van der Waals surface area contributed by atoms with Gasteiger partial charge in [0.05, 0.1) is 0 Å². The number of carbonyl (C=O) groups excluding carboxylic acids is 1. The number of halogens is 2. The fraction of sp³-hybridized carbons (Fsp3) is 0.200. The number of nitro groups is 1. The summed E-state index contributed by atoms with van der Waals surface area (Å²) in [6.07, 6.45) is 2.96. The van der Waals surface area contributed by atoms with Crippen LogP contribution >= 0.6 is 0 Å². The third-order valence-corrected chi connectivity index (χ3v) is 3.17. The smallest absolute Gasteiger partial charge is 0.342 e. The van der Waals surface area contributed by atoms with E-state index in [0.29, 0.717) is 5.82 Å². The van der Waals surface area contributed by atoms with E-state index in [0.717, 1.165) is 30.5 Å². The zero-order valence-corrected chi connectivity index (χ0v) is 12.6. The standard InChI is InChI=1S/C15H13F2N3O4/c1-10-18-9-14(20(22)23)19(10)7-8-24-15(21)6-5-11-12(16)3-2-4-13(11)17/h2-6,9H,7-8H2,1H3/b6-5-. The lowest BCUT2D eigenvalue weighted by Gasteiger charge is -2.03.